The van der Waals surface area contributed by atoms with Gasteiger partial charge >= 0.3 is 54.0 Å². The van der Waals surface area contributed by atoms with Crippen molar-refractivity contribution in [3.05, 3.63) is 71.8 Å². The van der Waals surface area contributed by atoms with Crippen LogP contribution in [-0.2, 0) is 24.6 Å². The quantitative estimate of drug-likeness (QED) is 0.152. The molecule has 0 aromatic heterocycles. The summed E-state index contributed by atoms with van der Waals surface area (Å²) >= 11 is 0. The molecule has 0 spiro atoms. The molecule has 0 radical (unpaired) electrons. The second-order valence-corrected chi connectivity index (χ2v) is 12.3. The lowest BCUT2D eigenvalue weighted by molar-refractivity contribution is -0.440. The normalized spacial score (nSPS) is 16.3. The number of amides is 1. The Morgan fingerprint density at radius 1 is 0.642 bits per heavy atom. The highest BCUT2D eigenvalue weighted by Crippen LogP contribution is 2.61. The Kier molecular flexibility index (Phi) is 12.8. The van der Waals surface area contributed by atoms with Crippen LogP contribution < -0.4 is 5.32 Å². The van der Waals surface area contributed by atoms with Gasteiger partial charge < -0.3 is 19.5 Å². The molecule has 2 aromatic rings. The predicted octanol–water partition coefficient (Wildman–Crippen LogP) is 9.79. The summed E-state index contributed by atoms with van der Waals surface area (Å²) < 4.78 is 238. The van der Waals surface area contributed by atoms with Crippen LogP contribution in [0, 0.1) is 0 Å². The van der Waals surface area contributed by atoms with E-state index < -0.39 is 95.8 Å². The fourth-order valence-corrected chi connectivity index (χ4v) is 4.67. The van der Waals surface area contributed by atoms with Crippen LogP contribution in [0.5, 0.6) is 0 Å². The Morgan fingerprint density at radius 2 is 1.09 bits per heavy atom. The molecule has 0 saturated heterocycles. The third-order valence-electron chi connectivity index (χ3n) is 7.38. The minimum atomic E-state index is -8.22. The lowest BCUT2D eigenvalue weighted by Crippen LogP contribution is -2.70. The van der Waals surface area contributed by atoms with Crippen LogP contribution in [0.1, 0.15) is 50.8 Å². The molecular formula is C31H29F16NO5. The topological polar surface area (TPSA) is 73.9 Å². The number of hydrogen-bond acceptors (Lipinski definition) is 5. The van der Waals surface area contributed by atoms with E-state index in [-0.39, 0.29) is 5.56 Å². The van der Waals surface area contributed by atoms with Crippen molar-refractivity contribution in [2.75, 3.05) is 7.11 Å². The molecule has 6 nitrogen and oxygen atoms in total. The number of methoxy groups -OCH3 is 1. The first-order chi connectivity index (χ1) is 23.7. The Bertz CT molecular complexity index is 1540. The number of ether oxygens (including phenoxy) is 3. The number of rotatable bonds is 14. The summed E-state index contributed by atoms with van der Waals surface area (Å²) in [6, 6.07) is 7.77. The average molecular weight is 800 g/mol. The summed E-state index contributed by atoms with van der Waals surface area (Å²) in [6.07, 6.45) is -22.9. The summed E-state index contributed by atoms with van der Waals surface area (Å²) in [5.74, 6) is -41.4. The fourth-order valence-electron chi connectivity index (χ4n) is 4.67. The zero-order chi connectivity index (χ0) is 41.3. The van der Waals surface area contributed by atoms with Gasteiger partial charge in [-0.3, -0.25) is 0 Å². The Labute approximate surface area is 289 Å². The van der Waals surface area contributed by atoms with Gasteiger partial charge in [-0.05, 0) is 32.8 Å². The predicted molar refractivity (Wildman–Crippen MR) is 150 cm³/mol. The number of alkyl carbamates (subject to hydrolysis) is 1. The highest BCUT2D eigenvalue weighted by molar-refractivity contribution is 5.83. The molecule has 1 amide bonds. The number of carbonyl (C=O) groups excluding carboxylic acids is 2. The Morgan fingerprint density at radius 3 is 1.51 bits per heavy atom. The zero-order valence-corrected chi connectivity index (χ0v) is 27.4. The van der Waals surface area contributed by atoms with E-state index in [1.807, 2.05) is 5.32 Å². The van der Waals surface area contributed by atoms with Gasteiger partial charge in [0.15, 0.2) is 0 Å². The van der Waals surface area contributed by atoms with Gasteiger partial charge in [-0.15, -0.1) is 0 Å². The molecular weight excluding hydrogens is 770 g/mol. The molecule has 53 heavy (non-hydrogen) atoms. The van der Waals surface area contributed by atoms with Gasteiger partial charge in [-0.1, -0.05) is 60.7 Å². The molecule has 0 aliphatic carbocycles. The van der Waals surface area contributed by atoms with E-state index in [4.69, 9.17) is 9.47 Å². The van der Waals surface area contributed by atoms with E-state index in [1.54, 1.807) is 0 Å². The molecule has 0 saturated carbocycles. The van der Waals surface area contributed by atoms with Crippen molar-refractivity contribution in [2.45, 2.75) is 98.9 Å². The number of benzene rings is 2. The molecule has 3 atom stereocenters. The number of hydrogen-bond donors (Lipinski definition) is 1. The molecule has 0 unspecified atom stereocenters. The van der Waals surface area contributed by atoms with E-state index in [1.165, 1.54) is 32.9 Å². The lowest BCUT2D eigenvalue weighted by atomic mass is 9.89. The van der Waals surface area contributed by atoms with E-state index in [0.717, 1.165) is 36.4 Å². The molecule has 0 bridgehead atoms. The van der Waals surface area contributed by atoms with Crippen LogP contribution in [0.25, 0.3) is 0 Å². The van der Waals surface area contributed by atoms with E-state index in [0.29, 0.717) is 19.2 Å². The van der Waals surface area contributed by atoms with Crippen molar-refractivity contribution in [1.29, 1.82) is 0 Å². The fraction of sp³-hybridized carbons (Fsp3) is 0.548. The zero-order valence-electron chi connectivity index (χ0n) is 27.4. The van der Waals surface area contributed by atoms with Crippen LogP contribution in [-0.4, -0.2) is 72.8 Å². The summed E-state index contributed by atoms with van der Waals surface area (Å²) in [5.41, 5.74) is -6.96. The molecule has 0 aliphatic rings. The van der Waals surface area contributed by atoms with Crippen LogP contribution in [0.15, 0.2) is 60.7 Å². The van der Waals surface area contributed by atoms with Gasteiger partial charge in [0, 0.05) is 19.1 Å². The van der Waals surface area contributed by atoms with Crippen molar-refractivity contribution in [2.24, 2.45) is 0 Å². The van der Waals surface area contributed by atoms with E-state index in [9.17, 15) is 79.8 Å². The van der Waals surface area contributed by atoms with Gasteiger partial charge in [0.05, 0.1) is 6.04 Å². The Hall–Kier alpha value is -3.98. The maximum atomic E-state index is 15.0. The summed E-state index contributed by atoms with van der Waals surface area (Å²) in [4.78, 5) is 26.2. The smallest absolute Gasteiger partial charge is 0.457 e. The summed E-state index contributed by atoms with van der Waals surface area (Å²) in [7, 11) is 0.331. The van der Waals surface area contributed by atoms with Gasteiger partial charge in [0.25, 0.3) is 5.60 Å². The van der Waals surface area contributed by atoms with Crippen LogP contribution in [0.2, 0.25) is 0 Å². The van der Waals surface area contributed by atoms with Crippen molar-refractivity contribution >= 4 is 12.1 Å². The molecule has 1 N–H and O–H groups in total. The SMILES string of the molecule is CO[C@](C(=O)O[C@H](CCC(F)(F)C(F)(F)C(F)(F)C(F)(F)C(F)(F)C(F)(F)F)[C@@H](NC(=O)OC(C)(C)C)c1ccccc1)(c1ccccc1)C(F)(F)F. The number of halogens is 16. The largest absolute Gasteiger partial charge is 0.460 e. The molecule has 0 aliphatic heterocycles. The van der Waals surface area contributed by atoms with Crippen LogP contribution in [0.3, 0.4) is 0 Å². The highest BCUT2D eigenvalue weighted by Gasteiger charge is 2.90. The minimum absolute atomic E-state index is 0.331. The van der Waals surface area contributed by atoms with Crippen molar-refractivity contribution < 1.29 is 94.0 Å². The maximum Gasteiger partial charge on any atom is 0.460 e. The average Bonchev–Trinajstić information content (AvgIpc) is 3.01. The molecule has 22 heteroatoms. The molecule has 300 valence electrons. The van der Waals surface area contributed by atoms with E-state index >= 15 is 0 Å². The van der Waals surface area contributed by atoms with Gasteiger partial charge in [-0.2, -0.15) is 70.2 Å². The number of alkyl halides is 16. The summed E-state index contributed by atoms with van der Waals surface area (Å²) in [6.45, 7) is 3.83. The second-order valence-electron chi connectivity index (χ2n) is 12.3. The monoisotopic (exact) mass is 799 g/mol. The third-order valence-corrected chi connectivity index (χ3v) is 7.38. The number of esters is 1. The van der Waals surface area contributed by atoms with Crippen molar-refractivity contribution in [3.63, 3.8) is 0 Å². The van der Waals surface area contributed by atoms with E-state index in [2.05, 4.69) is 4.74 Å². The lowest BCUT2D eigenvalue weighted by Gasteiger charge is -2.40. The molecule has 2 rings (SSSR count). The summed E-state index contributed by atoms with van der Waals surface area (Å²) in [5, 5.41) is 1.92. The standard InChI is InChI=1S/C31H29F16NO5/c1-23(2,3)53-22(50)48-20(17-11-7-5-8-12-17)19(52-21(49)25(51-4,30(42,43)44)18-13-9-6-10-14-18)15-16-24(32,33)26(34,35)27(36,37)28(38,39)29(40,41)31(45,46)47/h5-14,19-20H,15-16H2,1-4H3,(H,48,50)/t19-,20+,25+/m1/s1. The van der Waals surface area contributed by atoms with Crippen molar-refractivity contribution in [1.82, 2.24) is 5.32 Å². The first-order valence-corrected chi connectivity index (χ1v) is 14.6. The van der Waals surface area contributed by atoms with Gasteiger partial charge in [0.1, 0.15) is 11.7 Å². The van der Waals surface area contributed by atoms with Crippen LogP contribution >= 0.6 is 0 Å². The maximum absolute atomic E-state index is 15.0. The van der Waals surface area contributed by atoms with Crippen LogP contribution in [0.4, 0.5) is 75.0 Å². The third kappa shape index (κ3) is 8.72. The first-order valence-electron chi connectivity index (χ1n) is 14.6. The molecule has 2 aromatic carbocycles. The molecule has 0 fully saturated rings. The number of nitrogens with one attached hydrogen (secondary N) is 1. The van der Waals surface area contributed by atoms with Crippen molar-refractivity contribution in [3.8, 4) is 0 Å². The first kappa shape index (κ1) is 45.2. The number of carbonyl (C=O) groups is 2. The van der Waals surface area contributed by atoms with Gasteiger partial charge in [0.2, 0.25) is 0 Å². The highest BCUT2D eigenvalue weighted by atomic mass is 19.4. The molecule has 0 heterocycles. The Balaban J connectivity index is 2.78. The second kappa shape index (κ2) is 15.0. The van der Waals surface area contributed by atoms with Gasteiger partial charge in [-0.25, -0.2) is 9.59 Å². The minimum Gasteiger partial charge on any atom is -0.457 e.